The number of carbonyl (C=O) groups is 1. The van der Waals surface area contributed by atoms with Crippen LogP contribution < -0.4 is 4.90 Å². The van der Waals surface area contributed by atoms with E-state index in [-0.39, 0.29) is 18.3 Å². The highest BCUT2D eigenvalue weighted by atomic mass is 35.5. The average Bonchev–Trinajstić information content (AvgIpc) is 3.12. The van der Waals surface area contributed by atoms with Gasteiger partial charge in [0.05, 0.1) is 18.3 Å². The molecule has 2 aromatic rings. The molecule has 0 unspecified atom stereocenters. The molecule has 0 radical (unpaired) electrons. The van der Waals surface area contributed by atoms with Gasteiger partial charge in [-0.1, -0.05) is 0 Å². The molecule has 3 rings (SSSR count). The van der Waals surface area contributed by atoms with E-state index in [2.05, 4.69) is 9.87 Å². The number of phenols is 1. The van der Waals surface area contributed by atoms with Gasteiger partial charge in [-0.25, -0.2) is 14.6 Å². The highest BCUT2D eigenvalue weighted by Crippen LogP contribution is 2.45. The Balaban J connectivity index is 2.07. The summed E-state index contributed by atoms with van der Waals surface area (Å²) in [7, 11) is 1.43. The van der Waals surface area contributed by atoms with Gasteiger partial charge in [0.2, 0.25) is 0 Å². The number of hydrogen-bond donors (Lipinski definition) is 2. The van der Waals surface area contributed by atoms with E-state index in [1.165, 1.54) is 12.0 Å². The monoisotopic (exact) mass is 382 g/mol. The van der Waals surface area contributed by atoms with E-state index >= 15 is 0 Å². The Hall–Kier alpha value is -1.96. The van der Waals surface area contributed by atoms with E-state index in [1.807, 2.05) is 26.8 Å². The van der Waals surface area contributed by atoms with Crippen molar-refractivity contribution in [2.45, 2.75) is 38.9 Å². The molecule has 8 heteroatoms. The molecule has 1 aromatic carbocycles. The van der Waals surface area contributed by atoms with Crippen LogP contribution in [0.2, 0.25) is 0 Å². The number of phenolic OH excluding ortho intramolecular Hbond substituents is 1. The third-order valence-electron chi connectivity index (χ3n) is 4.20. The molecule has 1 aromatic heterocycles. The molecular weight excluding hydrogens is 360 g/mol. The van der Waals surface area contributed by atoms with E-state index in [0.29, 0.717) is 23.6 Å². The maximum atomic E-state index is 12.6. The lowest BCUT2D eigenvalue weighted by Crippen LogP contribution is -2.36. The van der Waals surface area contributed by atoms with Crippen molar-refractivity contribution in [3.8, 4) is 5.75 Å². The maximum Gasteiger partial charge on any atom is 0.414 e. The molecule has 2 heterocycles. The smallest absolute Gasteiger partial charge is 0.414 e. The molecule has 1 aliphatic rings. The number of carbonyl (C=O) groups excluding carboxylic acids is 1. The summed E-state index contributed by atoms with van der Waals surface area (Å²) in [6.45, 7) is 6.06. The minimum Gasteiger partial charge on any atom is -0.506 e. The Bertz CT molecular complexity index is 827. The van der Waals surface area contributed by atoms with Gasteiger partial charge in [0.25, 0.3) is 0 Å². The van der Waals surface area contributed by atoms with Gasteiger partial charge in [0.1, 0.15) is 18.0 Å². The fourth-order valence-electron chi connectivity index (χ4n) is 3.22. The van der Waals surface area contributed by atoms with E-state index in [4.69, 9.17) is 21.2 Å². The lowest BCUT2D eigenvalue weighted by atomic mass is 9.98. The summed E-state index contributed by atoms with van der Waals surface area (Å²) in [4.78, 5) is 26.9. The van der Waals surface area contributed by atoms with Crippen LogP contribution >= 0.6 is 11.6 Å². The summed E-state index contributed by atoms with van der Waals surface area (Å²) < 4.78 is 5.50. The van der Waals surface area contributed by atoms with Crippen LogP contribution in [0.5, 0.6) is 5.75 Å². The maximum absolute atomic E-state index is 12.6. The minimum absolute atomic E-state index is 0.0474. The van der Waals surface area contributed by atoms with Crippen LogP contribution in [0.3, 0.4) is 0 Å². The van der Waals surface area contributed by atoms with Crippen molar-refractivity contribution in [3.05, 3.63) is 23.4 Å². The summed E-state index contributed by atoms with van der Waals surface area (Å²) in [5.41, 5.74) is 2.25. The van der Waals surface area contributed by atoms with Gasteiger partial charge in [-0.3, -0.25) is 4.90 Å². The molecule has 0 spiro atoms. The third-order valence-corrected chi connectivity index (χ3v) is 4.58. The Morgan fingerprint density at radius 2 is 2.15 bits per heavy atom. The van der Waals surface area contributed by atoms with Crippen LogP contribution in [0, 0.1) is 0 Å². The first-order valence-electron chi connectivity index (χ1n) is 8.34. The van der Waals surface area contributed by atoms with Gasteiger partial charge < -0.3 is 14.8 Å². The molecule has 1 aliphatic heterocycles. The van der Waals surface area contributed by atoms with Crippen LogP contribution in [0.15, 0.2) is 12.1 Å². The topological polar surface area (TPSA) is 84.0 Å². The molecule has 0 aliphatic carbocycles. The molecule has 7 nitrogen and oxygen atoms in total. The number of benzene rings is 1. The second-order valence-corrected chi connectivity index (χ2v) is 7.59. The van der Waals surface area contributed by atoms with Gasteiger partial charge >= 0.3 is 6.09 Å². The molecule has 1 amide bonds. The number of hydrogen-bond acceptors (Lipinski definition) is 5. The van der Waals surface area contributed by atoms with Gasteiger partial charge in [-0.2, -0.15) is 0 Å². The van der Waals surface area contributed by atoms with Crippen molar-refractivity contribution in [2.75, 3.05) is 24.4 Å². The normalized spacial score (nSPS) is 17.0. The first kappa shape index (κ1) is 18.8. The van der Waals surface area contributed by atoms with Crippen molar-refractivity contribution >= 4 is 34.3 Å². The van der Waals surface area contributed by atoms with Crippen LogP contribution in [0.4, 0.5) is 10.5 Å². The Labute approximate surface area is 156 Å². The molecule has 1 atom stereocenters. The number of aromatic nitrogens is 1. The van der Waals surface area contributed by atoms with Crippen LogP contribution in [-0.4, -0.2) is 41.3 Å². The number of nitrogens with one attached hydrogen (secondary N) is 1. The quantitative estimate of drug-likeness (QED) is 0.474. The molecular formula is C18H23ClN2O5. The van der Waals surface area contributed by atoms with Crippen molar-refractivity contribution in [1.29, 1.82) is 0 Å². The van der Waals surface area contributed by atoms with Crippen molar-refractivity contribution in [1.82, 2.24) is 4.98 Å². The first-order valence-corrected chi connectivity index (χ1v) is 8.88. The molecule has 26 heavy (non-hydrogen) atoms. The molecule has 142 valence electrons. The lowest BCUT2D eigenvalue weighted by molar-refractivity contribution is -0.282. The second-order valence-electron chi connectivity index (χ2n) is 7.28. The zero-order chi connectivity index (χ0) is 19.1. The average molecular weight is 383 g/mol. The van der Waals surface area contributed by atoms with Crippen molar-refractivity contribution in [3.63, 3.8) is 0 Å². The predicted octanol–water partition coefficient (Wildman–Crippen LogP) is 4.03. The molecule has 0 bridgehead atoms. The van der Waals surface area contributed by atoms with Crippen molar-refractivity contribution < 1.29 is 24.4 Å². The Morgan fingerprint density at radius 1 is 1.42 bits per heavy atom. The zero-order valence-corrected chi connectivity index (χ0v) is 16.0. The van der Waals surface area contributed by atoms with E-state index in [1.54, 1.807) is 6.07 Å². The van der Waals surface area contributed by atoms with Gasteiger partial charge in [-0.15, -0.1) is 11.6 Å². The molecule has 2 N–H and O–H groups in total. The zero-order valence-electron chi connectivity index (χ0n) is 15.3. The number of aromatic hydroxyl groups is 1. The van der Waals surface area contributed by atoms with Crippen LogP contribution in [0.1, 0.15) is 37.9 Å². The summed E-state index contributed by atoms with van der Waals surface area (Å²) in [6, 6.07) is 3.46. The highest BCUT2D eigenvalue weighted by molar-refractivity contribution is 6.19. The van der Waals surface area contributed by atoms with Crippen LogP contribution in [0.25, 0.3) is 10.9 Å². The first-order chi connectivity index (χ1) is 12.2. The standard InChI is InChI=1S/C18H23ClN2O5/c1-18(2,3)26-17(23)21-8-10(7-19)15-12-5-11(9-25-24-4)20-16(12)14(22)6-13(15)21/h5-6,10,20,22H,7-9H2,1-4H3/t10-/m1/s1. The number of alkyl halides is 1. The van der Waals surface area contributed by atoms with E-state index < -0.39 is 11.7 Å². The predicted molar refractivity (Wildman–Crippen MR) is 98.8 cm³/mol. The summed E-state index contributed by atoms with van der Waals surface area (Å²) in [6.07, 6.45) is -0.455. The van der Waals surface area contributed by atoms with E-state index in [9.17, 15) is 9.90 Å². The number of H-pyrrole nitrogens is 1. The molecule has 0 saturated carbocycles. The highest BCUT2D eigenvalue weighted by Gasteiger charge is 2.37. The number of halogens is 1. The van der Waals surface area contributed by atoms with Gasteiger partial charge in [0, 0.05) is 35.5 Å². The summed E-state index contributed by atoms with van der Waals surface area (Å²) in [5.74, 6) is 0.335. The number of fused-ring (bicyclic) bond motifs is 3. The fraction of sp³-hybridized carbons (Fsp3) is 0.500. The summed E-state index contributed by atoms with van der Waals surface area (Å²) >= 11 is 6.17. The molecule has 0 fully saturated rings. The number of amides is 1. The SMILES string of the molecule is COOCc1cc2c3c(cc(O)c2[nH]1)N(C(=O)OC(C)(C)C)C[C@H]3CCl. The lowest BCUT2D eigenvalue weighted by Gasteiger charge is -2.25. The fourth-order valence-corrected chi connectivity index (χ4v) is 3.47. The number of aromatic amines is 1. The number of ether oxygens (including phenoxy) is 1. The Morgan fingerprint density at radius 3 is 2.77 bits per heavy atom. The largest absolute Gasteiger partial charge is 0.506 e. The number of rotatable bonds is 4. The van der Waals surface area contributed by atoms with Gasteiger partial charge in [0.15, 0.2) is 0 Å². The third kappa shape index (κ3) is 3.47. The Kier molecular flexibility index (Phi) is 5.05. The summed E-state index contributed by atoms with van der Waals surface area (Å²) in [5, 5.41) is 11.3. The van der Waals surface area contributed by atoms with Crippen LogP contribution in [-0.2, 0) is 21.1 Å². The molecule has 0 saturated heterocycles. The number of nitrogens with zero attached hydrogens (tertiary/aromatic N) is 1. The van der Waals surface area contributed by atoms with Crippen molar-refractivity contribution in [2.24, 2.45) is 0 Å². The minimum atomic E-state index is -0.610. The number of anilines is 1. The second kappa shape index (κ2) is 6.98. The van der Waals surface area contributed by atoms with Gasteiger partial charge in [-0.05, 0) is 32.4 Å². The van der Waals surface area contributed by atoms with E-state index in [0.717, 1.165) is 16.6 Å².